The van der Waals surface area contributed by atoms with Crippen LogP contribution in [0.25, 0.3) is 34.9 Å². The molecule has 0 saturated carbocycles. The topological polar surface area (TPSA) is 81.6 Å². The number of pyridine rings is 1. The van der Waals surface area contributed by atoms with Gasteiger partial charge >= 0.3 is 0 Å². The van der Waals surface area contributed by atoms with Crippen LogP contribution in [0.4, 0.5) is 4.39 Å². The van der Waals surface area contributed by atoms with Crippen LogP contribution in [-0.4, -0.2) is 37.5 Å². The largest absolute Gasteiger partial charge is 0.381 e. The second-order valence-electron chi connectivity index (χ2n) is 7.84. The minimum atomic E-state index is -0.292. The van der Waals surface area contributed by atoms with Gasteiger partial charge in [0, 0.05) is 43.4 Å². The molecule has 0 radical (unpaired) electrons. The van der Waals surface area contributed by atoms with Crippen LogP contribution in [0.15, 0.2) is 67.3 Å². The van der Waals surface area contributed by atoms with E-state index in [9.17, 15) is 4.39 Å². The van der Waals surface area contributed by atoms with Crippen LogP contribution >= 0.6 is 0 Å². The minimum Gasteiger partial charge on any atom is -0.381 e. The maximum Gasteiger partial charge on any atom is 0.146 e. The second kappa shape index (κ2) is 9.30. The summed E-state index contributed by atoms with van der Waals surface area (Å²) in [5, 5.41) is 13.1. The lowest BCUT2D eigenvalue weighted by Gasteiger charge is -2.25. The molecule has 1 aliphatic rings. The first-order valence-corrected chi connectivity index (χ1v) is 10.8. The van der Waals surface area contributed by atoms with Crippen LogP contribution < -0.4 is 5.49 Å². The highest BCUT2D eigenvalue weighted by molar-refractivity contribution is 5.77. The number of aromatic nitrogens is 5. The van der Waals surface area contributed by atoms with E-state index < -0.39 is 0 Å². The summed E-state index contributed by atoms with van der Waals surface area (Å²) in [6.07, 6.45) is 10.7. The molecule has 166 valence electrons. The maximum atomic E-state index is 13.6. The number of rotatable bonds is 5. The molecule has 1 aromatic carbocycles. The third-order valence-corrected chi connectivity index (χ3v) is 5.71. The molecule has 1 aliphatic heterocycles. The predicted molar refractivity (Wildman–Crippen MR) is 123 cm³/mol. The predicted octanol–water partition coefficient (Wildman–Crippen LogP) is 4.41. The number of halogens is 1. The van der Waals surface area contributed by atoms with Gasteiger partial charge in [0.1, 0.15) is 17.0 Å². The Kier molecular flexibility index (Phi) is 5.91. The van der Waals surface area contributed by atoms with E-state index >= 15 is 0 Å². The Hall–Kier alpha value is -3.91. The van der Waals surface area contributed by atoms with Gasteiger partial charge < -0.3 is 9.30 Å². The number of nitrogens with zero attached hydrogens (tertiary/aromatic N) is 5. The van der Waals surface area contributed by atoms with Crippen molar-refractivity contribution in [1.29, 1.82) is 5.41 Å². The van der Waals surface area contributed by atoms with E-state index in [0.717, 1.165) is 35.4 Å². The zero-order valence-electron chi connectivity index (χ0n) is 17.9. The number of hydrogen-bond donors (Lipinski definition) is 1. The summed E-state index contributed by atoms with van der Waals surface area (Å²) in [6, 6.07) is 13.9. The number of imidazole rings is 1. The van der Waals surface area contributed by atoms with Gasteiger partial charge in [0.05, 0.1) is 17.7 Å². The summed E-state index contributed by atoms with van der Waals surface area (Å²) < 4.78 is 22.8. The quantitative estimate of drug-likeness (QED) is 0.497. The van der Waals surface area contributed by atoms with E-state index in [1.165, 1.54) is 16.8 Å². The first-order chi connectivity index (χ1) is 16.2. The van der Waals surface area contributed by atoms with Gasteiger partial charge in [0.25, 0.3) is 0 Å². The Morgan fingerprint density at radius 3 is 2.52 bits per heavy atom. The fraction of sp³-hybridized carbons (Fsp3) is 0.200. The SMILES string of the molecule is N=c1ccc(-c2c(-c3ccc(F)cc3)ncn2C2CCOCC2)nn1/C=C/c1ccncc1. The molecule has 0 amide bonds. The zero-order chi connectivity index (χ0) is 22.6. The standard InChI is InChI=1S/C25H23FN6O/c26-20-3-1-19(2-4-20)24-25(31(17-29-24)21-10-15-33-16-11-21)22-5-6-23(27)32(30-22)14-9-18-7-12-28-13-8-18/h1-9,12-14,17,21,27H,10-11,15-16H2/b14-9+,27-23?. The molecule has 3 aromatic heterocycles. The van der Waals surface area contributed by atoms with Gasteiger partial charge in [-0.05, 0) is 73.0 Å². The van der Waals surface area contributed by atoms with Gasteiger partial charge in [-0.25, -0.2) is 14.1 Å². The van der Waals surface area contributed by atoms with E-state index in [-0.39, 0.29) is 17.3 Å². The van der Waals surface area contributed by atoms with Crippen molar-refractivity contribution >= 4 is 12.3 Å². The number of hydrogen-bond acceptors (Lipinski definition) is 5. The van der Waals surface area contributed by atoms with Crippen LogP contribution in [0, 0.1) is 11.2 Å². The lowest BCUT2D eigenvalue weighted by Crippen LogP contribution is -2.21. The molecule has 0 aliphatic carbocycles. The Labute approximate surface area is 190 Å². The highest BCUT2D eigenvalue weighted by Gasteiger charge is 2.23. The highest BCUT2D eigenvalue weighted by Crippen LogP contribution is 2.34. The second-order valence-corrected chi connectivity index (χ2v) is 7.84. The summed E-state index contributed by atoms with van der Waals surface area (Å²) in [6.45, 7) is 1.39. The number of benzene rings is 1. The smallest absolute Gasteiger partial charge is 0.146 e. The van der Waals surface area contributed by atoms with Crippen LogP contribution in [0.5, 0.6) is 0 Å². The van der Waals surface area contributed by atoms with E-state index in [1.807, 2.05) is 30.6 Å². The Bertz CT molecular complexity index is 1320. The lowest BCUT2D eigenvalue weighted by atomic mass is 10.1. The van der Waals surface area contributed by atoms with Crippen molar-refractivity contribution in [2.75, 3.05) is 13.2 Å². The maximum absolute atomic E-state index is 13.6. The van der Waals surface area contributed by atoms with E-state index in [1.54, 1.807) is 36.8 Å². The number of ether oxygens (including phenoxy) is 1. The first-order valence-electron chi connectivity index (χ1n) is 10.8. The van der Waals surface area contributed by atoms with Crippen molar-refractivity contribution < 1.29 is 9.13 Å². The third-order valence-electron chi connectivity index (χ3n) is 5.71. The van der Waals surface area contributed by atoms with Gasteiger partial charge in [-0.15, -0.1) is 0 Å². The molecule has 0 spiro atoms. The van der Waals surface area contributed by atoms with Crippen molar-refractivity contribution in [3.63, 3.8) is 0 Å². The van der Waals surface area contributed by atoms with Crippen LogP contribution in [0.1, 0.15) is 24.4 Å². The fourth-order valence-corrected chi connectivity index (χ4v) is 3.98. The summed E-state index contributed by atoms with van der Waals surface area (Å²) in [5.41, 5.74) is 4.30. The normalized spacial score (nSPS) is 14.7. The van der Waals surface area contributed by atoms with Gasteiger partial charge in [-0.1, -0.05) is 0 Å². The van der Waals surface area contributed by atoms with E-state index in [4.69, 9.17) is 20.2 Å². The number of nitrogens with one attached hydrogen (secondary N) is 1. The molecule has 8 heteroatoms. The van der Waals surface area contributed by atoms with Crippen LogP contribution in [0.3, 0.4) is 0 Å². The molecule has 1 N–H and O–H groups in total. The van der Waals surface area contributed by atoms with Crippen molar-refractivity contribution in [2.45, 2.75) is 18.9 Å². The Morgan fingerprint density at radius 1 is 1.00 bits per heavy atom. The lowest BCUT2D eigenvalue weighted by molar-refractivity contribution is 0.0699. The summed E-state index contributed by atoms with van der Waals surface area (Å²) in [4.78, 5) is 8.72. The summed E-state index contributed by atoms with van der Waals surface area (Å²) in [5.74, 6) is -0.292. The zero-order valence-corrected chi connectivity index (χ0v) is 17.9. The molecule has 0 bridgehead atoms. The van der Waals surface area contributed by atoms with E-state index in [0.29, 0.717) is 18.9 Å². The van der Waals surface area contributed by atoms with Crippen molar-refractivity contribution in [1.82, 2.24) is 24.3 Å². The van der Waals surface area contributed by atoms with Crippen LogP contribution in [-0.2, 0) is 4.74 Å². The molecule has 0 atom stereocenters. The van der Waals surface area contributed by atoms with Crippen molar-refractivity contribution in [2.24, 2.45) is 0 Å². The Morgan fingerprint density at radius 2 is 1.76 bits per heavy atom. The Balaban J connectivity index is 1.61. The highest BCUT2D eigenvalue weighted by atomic mass is 19.1. The molecule has 0 unspecified atom stereocenters. The summed E-state index contributed by atoms with van der Waals surface area (Å²) in [7, 11) is 0. The van der Waals surface area contributed by atoms with Crippen LogP contribution in [0.2, 0.25) is 0 Å². The average Bonchev–Trinajstić information content (AvgIpc) is 3.30. The third kappa shape index (κ3) is 4.51. The molecular formula is C25H23FN6O. The first kappa shape index (κ1) is 21.0. The summed E-state index contributed by atoms with van der Waals surface area (Å²) >= 11 is 0. The molecule has 4 aromatic rings. The van der Waals surface area contributed by atoms with Gasteiger partial charge in [0.2, 0.25) is 0 Å². The minimum absolute atomic E-state index is 0.230. The molecule has 33 heavy (non-hydrogen) atoms. The molecule has 4 heterocycles. The molecule has 5 rings (SSSR count). The molecular weight excluding hydrogens is 419 g/mol. The van der Waals surface area contributed by atoms with E-state index in [2.05, 4.69) is 9.55 Å². The van der Waals surface area contributed by atoms with Crippen molar-refractivity contribution in [3.8, 4) is 22.6 Å². The molecule has 1 saturated heterocycles. The van der Waals surface area contributed by atoms with Gasteiger partial charge in [-0.3, -0.25) is 10.4 Å². The van der Waals surface area contributed by atoms with Gasteiger partial charge in [-0.2, -0.15) is 5.10 Å². The van der Waals surface area contributed by atoms with Crippen molar-refractivity contribution in [3.05, 3.63) is 84.1 Å². The molecule has 7 nitrogen and oxygen atoms in total. The average molecular weight is 442 g/mol. The fourth-order valence-electron chi connectivity index (χ4n) is 3.98. The molecule has 1 fully saturated rings. The van der Waals surface area contributed by atoms with Gasteiger partial charge in [0.15, 0.2) is 0 Å². The monoisotopic (exact) mass is 442 g/mol.